The molecular formula is C11H13FO3S. The highest BCUT2D eigenvalue weighted by atomic mass is 32.2. The molecule has 0 unspecified atom stereocenters. The zero-order valence-corrected chi connectivity index (χ0v) is 9.72. The predicted octanol–water partition coefficient (Wildman–Crippen LogP) is 2.40. The van der Waals surface area contributed by atoms with Gasteiger partial charge >= 0.3 is 5.97 Å². The lowest BCUT2D eigenvalue weighted by molar-refractivity contribution is 0.0695. The fraction of sp³-hybridized carbons (Fsp3) is 0.364. The Balaban J connectivity index is 2.67. The van der Waals surface area contributed by atoms with Gasteiger partial charge in [0.15, 0.2) is 0 Å². The summed E-state index contributed by atoms with van der Waals surface area (Å²) in [4.78, 5) is 10.9. The van der Waals surface area contributed by atoms with Crippen molar-refractivity contribution >= 4 is 17.7 Å². The lowest BCUT2D eigenvalue weighted by Gasteiger charge is -2.05. The summed E-state index contributed by atoms with van der Waals surface area (Å²) in [5.74, 6) is -0.289. The van der Waals surface area contributed by atoms with Gasteiger partial charge in [-0.3, -0.25) is 0 Å². The molecule has 88 valence electrons. The van der Waals surface area contributed by atoms with Gasteiger partial charge in [0, 0.05) is 18.6 Å². The fourth-order valence-electron chi connectivity index (χ4n) is 1.20. The molecule has 0 bridgehead atoms. The lowest BCUT2D eigenvalue weighted by Crippen LogP contribution is -2.03. The summed E-state index contributed by atoms with van der Waals surface area (Å²) < 4.78 is 17.7. The standard InChI is InChI=1S/C11H13FO3S/c1-15-4-5-16-7-8-2-3-9(12)6-10(8)11(13)14/h2-3,6H,4-5,7H2,1H3,(H,13,14). The number of carboxylic acid groups (broad SMARTS) is 1. The number of halogens is 1. The number of ether oxygens (including phenoxy) is 1. The molecular weight excluding hydrogens is 231 g/mol. The van der Waals surface area contributed by atoms with E-state index in [9.17, 15) is 9.18 Å². The highest BCUT2D eigenvalue weighted by Crippen LogP contribution is 2.18. The Morgan fingerprint density at radius 2 is 2.31 bits per heavy atom. The van der Waals surface area contributed by atoms with Crippen LogP contribution in [0.4, 0.5) is 4.39 Å². The van der Waals surface area contributed by atoms with Crippen LogP contribution in [-0.2, 0) is 10.5 Å². The van der Waals surface area contributed by atoms with E-state index in [1.54, 1.807) is 18.9 Å². The lowest BCUT2D eigenvalue weighted by atomic mass is 10.1. The molecule has 0 amide bonds. The third-order valence-electron chi connectivity index (χ3n) is 1.99. The van der Waals surface area contributed by atoms with Gasteiger partial charge in [0.1, 0.15) is 5.82 Å². The highest BCUT2D eigenvalue weighted by Gasteiger charge is 2.10. The predicted molar refractivity (Wildman–Crippen MR) is 61.4 cm³/mol. The zero-order chi connectivity index (χ0) is 12.0. The van der Waals surface area contributed by atoms with Gasteiger partial charge < -0.3 is 9.84 Å². The molecule has 0 aliphatic heterocycles. The first-order chi connectivity index (χ1) is 7.65. The van der Waals surface area contributed by atoms with Crippen molar-refractivity contribution in [1.29, 1.82) is 0 Å². The molecule has 0 fully saturated rings. The average Bonchev–Trinajstić information content (AvgIpc) is 2.26. The summed E-state index contributed by atoms with van der Waals surface area (Å²) in [6.45, 7) is 0.619. The normalized spacial score (nSPS) is 10.4. The molecule has 1 aromatic rings. The van der Waals surface area contributed by atoms with E-state index in [2.05, 4.69) is 0 Å². The van der Waals surface area contributed by atoms with Crippen molar-refractivity contribution in [3.8, 4) is 0 Å². The second-order valence-electron chi connectivity index (χ2n) is 3.15. The first-order valence-corrected chi connectivity index (χ1v) is 5.89. The fourth-order valence-corrected chi connectivity index (χ4v) is 2.10. The van der Waals surface area contributed by atoms with Crippen LogP contribution in [0.1, 0.15) is 15.9 Å². The van der Waals surface area contributed by atoms with Crippen LogP contribution < -0.4 is 0 Å². The molecule has 0 spiro atoms. The summed E-state index contributed by atoms with van der Waals surface area (Å²) >= 11 is 1.56. The van der Waals surface area contributed by atoms with E-state index in [1.165, 1.54) is 12.1 Å². The number of hydrogen-bond donors (Lipinski definition) is 1. The number of benzene rings is 1. The minimum atomic E-state index is -1.10. The van der Waals surface area contributed by atoms with Crippen molar-refractivity contribution in [3.05, 3.63) is 35.1 Å². The molecule has 0 heterocycles. The van der Waals surface area contributed by atoms with Crippen molar-refractivity contribution in [1.82, 2.24) is 0 Å². The molecule has 5 heteroatoms. The van der Waals surface area contributed by atoms with Gasteiger partial charge in [0.2, 0.25) is 0 Å². The molecule has 3 nitrogen and oxygen atoms in total. The smallest absolute Gasteiger partial charge is 0.336 e. The van der Waals surface area contributed by atoms with Crippen LogP contribution in [0.2, 0.25) is 0 Å². The van der Waals surface area contributed by atoms with E-state index in [0.29, 0.717) is 17.9 Å². The Morgan fingerprint density at radius 3 is 2.94 bits per heavy atom. The molecule has 0 atom stereocenters. The first-order valence-electron chi connectivity index (χ1n) is 4.73. The Kier molecular flexibility index (Phi) is 5.28. The SMILES string of the molecule is COCCSCc1ccc(F)cc1C(=O)O. The average molecular weight is 244 g/mol. The third kappa shape index (κ3) is 3.83. The van der Waals surface area contributed by atoms with Crippen LogP contribution in [0.3, 0.4) is 0 Å². The van der Waals surface area contributed by atoms with Crippen LogP contribution in [0.5, 0.6) is 0 Å². The van der Waals surface area contributed by atoms with E-state index < -0.39 is 11.8 Å². The summed E-state index contributed by atoms with van der Waals surface area (Å²) in [5, 5.41) is 8.89. The summed E-state index contributed by atoms with van der Waals surface area (Å²) in [7, 11) is 1.61. The zero-order valence-electron chi connectivity index (χ0n) is 8.90. The van der Waals surface area contributed by atoms with Crippen molar-refractivity contribution in [2.75, 3.05) is 19.5 Å². The summed E-state index contributed by atoms with van der Waals surface area (Å²) in [5.41, 5.74) is 0.667. The molecule has 16 heavy (non-hydrogen) atoms. The Labute approximate surface area is 97.6 Å². The number of methoxy groups -OCH3 is 1. The maximum atomic E-state index is 12.9. The minimum absolute atomic E-state index is 0.0323. The van der Waals surface area contributed by atoms with E-state index in [0.717, 1.165) is 11.8 Å². The van der Waals surface area contributed by atoms with Crippen molar-refractivity contribution in [3.63, 3.8) is 0 Å². The molecule has 1 rings (SSSR count). The second kappa shape index (κ2) is 6.50. The van der Waals surface area contributed by atoms with Gasteiger partial charge in [-0.15, -0.1) is 0 Å². The van der Waals surface area contributed by atoms with Gasteiger partial charge in [-0.25, -0.2) is 9.18 Å². The van der Waals surface area contributed by atoms with Gasteiger partial charge in [-0.1, -0.05) is 6.07 Å². The molecule has 0 aromatic heterocycles. The van der Waals surface area contributed by atoms with Crippen LogP contribution in [0, 0.1) is 5.82 Å². The quantitative estimate of drug-likeness (QED) is 0.780. The summed E-state index contributed by atoms with van der Waals surface area (Å²) in [6, 6.07) is 3.84. The molecule has 0 saturated carbocycles. The monoisotopic (exact) mass is 244 g/mol. The Hall–Kier alpha value is -1.07. The van der Waals surface area contributed by atoms with E-state index in [-0.39, 0.29) is 5.56 Å². The number of hydrogen-bond acceptors (Lipinski definition) is 3. The molecule has 0 saturated heterocycles. The number of carboxylic acids is 1. The largest absolute Gasteiger partial charge is 0.478 e. The van der Waals surface area contributed by atoms with Gasteiger partial charge in [0.25, 0.3) is 0 Å². The van der Waals surface area contributed by atoms with E-state index in [1.807, 2.05) is 0 Å². The number of rotatable bonds is 6. The first kappa shape index (κ1) is 13.0. The van der Waals surface area contributed by atoms with E-state index in [4.69, 9.17) is 9.84 Å². The third-order valence-corrected chi connectivity index (χ3v) is 2.96. The molecule has 1 N–H and O–H groups in total. The maximum Gasteiger partial charge on any atom is 0.336 e. The second-order valence-corrected chi connectivity index (χ2v) is 4.26. The Bertz CT molecular complexity index is 368. The molecule has 0 aliphatic rings. The van der Waals surface area contributed by atoms with Gasteiger partial charge in [-0.05, 0) is 17.7 Å². The van der Waals surface area contributed by atoms with Crippen molar-refractivity contribution in [2.24, 2.45) is 0 Å². The number of thioether (sulfide) groups is 1. The van der Waals surface area contributed by atoms with Crippen molar-refractivity contribution < 1.29 is 19.0 Å². The highest BCUT2D eigenvalue weighted by molar-refractivity contribution is 7.98. The van der Waals surface area contributed by atoms with Crippen molar-refractivity contribution in [2.45, 2.75) is 5.75 Å². The van der Waals surface area contributed by atoms with E-state index >= 15 is 0 Å². The maximum absolute atomic E-state index is 12.9. The molecule has 0 radical (unpaired) electrons. The topological polar surface area (TPSA) is 46.5 Å². The number of carbonyl (C=O) groups is 1. The van der Waals surface area contributed by atoms with Crippen LogP contribution in [0.15, 0.2) is 18.2 Å². The van der Waals surface area contributed by atoms with Gasteiger partial charge in [-0.2, -0.15) is 11.8 Å². The van der Waals surface area contributed by atoms with Crippen LogP contribution in [0.25, 0.3) is 0 Å². The van der Waals surface area contributed by atoms with Crippen LogP contribution in [-0.4, -0.2) is 30.5 Å². The Morgan fingerprint density at radius 1 is 1.56 bits per heavy atom. The molecule has 1 aromatic carbocycles. The minimum Gasteiger partial charge on any atom is -0.478 e. The summed E-state index contributed by atoms with van der Waals surface area (Å²) in [6.07, 6.45) is 0. The molecule has 0 aliphatic carbocycles. The van der Waals surface area contributed by atoms with Gasteiger partial charge in [0.05, 0.1) is 12.2 Å². The van der Waals surface area contributed by atoms with Crippen LogP contribution >= 0.6 is 11.8 Å². The number of aromatic carboxylic acids is 1.